The van der Waals surface area contributed by atoms with E-state index in [0.29, 0.717) is 17.4 Å². The molecule has 0 fully saturated rings. The van der Waals surface area contributed by atoms with Gasteiger partial charge in [0.15, 0.2) is 0 Å². The first kappa shape index (κ1) is 16.2. The van der Waals surface area contributed by atoms with E-state index in [9.17, 15) is 9.90 Å². The lowest BCUT2D eigenvalue weighted by Gasteiger charge is -2.22. The highest BCUT2D eigenvalue weighted by Gasteiger charge is 2.20. The number of halogens is 1. The van der Waals surface area contributed by atoms with Crippen LogP contribution < -0.4 is 5.32 Å². The fraction of sp³-hybridized carbons (Fsp3) is 0.462. The molecule has 2 N–H and O–H groups in total. The average molecular weight is 304 g/mol. The van der Waals surface area contributed by atoms with Crippen molar-refractivity contribution in [2.45, 2.75) is 18.9 Å². The molecule has 0 bridgehead atoms. The van der Waals surface area contributed by atoms with Crippen molar-refractivity contribution in [2.75, 3.05) is 20.3 Å². The van der Waals surface area contributed by atoms with E-state index in [1.54, 1.807) is 26.2 Å². The number of nitrogens with one attached hydrogen (secondary N) is 1. The van der Waals surface area contributed by atoms with Crippen molar-refractivity contribution in [1.29, 1.82) is 0 Å². The Morgan fingerprint density at radius 2 is 2.37 bits per heavy atom. The zero-order chi connectivity index (χ0) is 14.3. The van der Waals surface area contributed by atoms with Crippen LogP contribution in [0.5, 0.6) is 0 Å². The van der Waals surface area contributed by atoms with Gasteiger partial charge in [-0.05, 0) is 25.1 Å². The van der Waals surface area contributed by atoms with Crippen LogP contribution in [-0.2, 0) is 9.53 Å². The molecule has 0 aliphatic heterocycles. The molecular weight excluding hydrogens is 286 g/mol. The molecule has 19 heavy (non-hydrogen) atoms. The Balaban J connectivity index is 2.37. The van der Waals surface area contributed by atoms with Crippen LogP contribution in [0, 0.1) is 0 Å². The quantitative estimate of drug-likeness (QED) is 0.760. The standard InChI is InChI=1S/C13H18ClNO3S/c1-13(17,7-8-18-2)9-15-12(16)6-4-10-3-5-11(14)19-10/h3-6,17H,7-9H2,1-2H3,(H,15,16)/b6-4+. The summed E-state index contributed by atoms with van der Waals surface area (Å²) in [6.07, 6.45) is 3.58. The van der Waals surface area contributed by atoms with Gasteiger partial charge in [0.25, 0.3) is 0 Å². The molecule has 1 aromatic rings. The van der Waals surface area contributed by atoms with Crippen molar-refractivity contribution in [3.63, 3.8) is 0 Å². The summed E-state index contributed by atoms with van der Waals surface area (Å²) in [7, 11) is 1.57. The molecule has 4 nitrogen and oxygen atoms in total. The molecule has 1 atom stereocenters. The first-order chi connectivity index (χ1) is 8.93. The second kappa shape index (κ2) is 7.65. The summed E-state index contributed by atoms with van der Waals surface area (Å²) in [6.45, 7) is 2.30. The van der Waals surface area contributed by atoms with E-state index in [2.05, 4.69) is 5.32 Å². The predicted molar refractivity (Wildman–Crippen MR) is 78.5 cm³/mol. The lowest BCUT2D eigenvalue weighted by molar-refractivity contribution is -0.117. The van der Waals surface area contributed by atoms with Crippen molar-refractivity contribution < 1.29 is 14.6 Å². The Hall–Kier alpha value is -0.880. The molecule has 1 rings (SSSR count). The summed E-state index contributed by atoms with van der Waals surface area (Å²) in [4.78, 5) is 12.5. The van der Waals surface area contributed by atoms with E-state index in [0.717, 1.165) is 4.88 Å². The molecule has 106 valence electrons. The predicted octanol–water partition coefficient (Wildman–Crippen LogP) is 2.32. The molecule has 1 aromatic heterocycles. The Morgan fingerprint density at radius 3 is 2.95 bits per heavy atom. The first-order valence-corrected chi connectivity index (χ1v) is 7.05. The topological polar surface area (TPSA) is 58.6 Å². The Labute approximate surface area is 122 Å². The Kier molecular flexibility index (Phi) is 6.51. The second-order valence-electron chi connectivity index (χ2n) is 4.43. The summed E-state index contributed by atoms with van der Waals surface area (Å²) in [5, 5.41) is 12.6. The molecule has 0 aromatic carbocycles. The zero-order valence-electron chi connectivity index (χ0n) is 11.0. The highest BCUT2D eigenvalue weighted by Crippen LogP contribution is 2.22. The normalized spacial score (nSPS) is 14.5. The fourth-order valence-corrected chi connectivity index (χ4v) is 2.29. The Bertz CT molecular complexity index is 443. The van der Waals surface area contributed by atoms with E-state index < -0.39 is 5.60 Å². The highest BCUT2D eigenvalue weighted by atomic mass is 35.5. The summed E-state index contributed by atoms with van der Waals surface area (Å²) < 4.78 is 5.58. The number of methoxy groups -OCH3 is 1. The van der Waals surface area contributed by atoms with Gasteiger partial charge in [-0.15, -0.1) is 11.3 Å². The number of carbonyl (C=O) groups is 1. The second-order valence-corrected chi connectivity index (χ2v) is 6.18. The third-order valence-electron chi connectivity index (χ3n) is 2.48. The van der Waals surface area contributed by atoms with Gasteiger partial charge in [0.1, 0.15) is 0 Å². The van der Waals surface area contributed by atoms with Gasteiger partial charge < -0.3 is 15.2 Å². The lowest BCUT2D eigenvalue weighted by Crippen LogP contribution is -2.40. The smallest absolute Gasteiger partial charge is 0.244 e. The third kappa shape index (κ3) is 6.73. The maximum absolute atomic E-state index is 11.6. The van der Waals surface area contributed by atoms with Crippen LogP contribution in [0.15, 0.2) is 18.2 Å². The number of rotatable bonds is 7. The molecule has 0 radical (unpaired) electrons. The number of hydrogen-bond donors (Lipinski definition) is 2. The largest absolute Gasteiger partial charge is 0.388 e. The molecule has 0 saturated carbocycles. The van der Waals surface area contributed by atoms with Gasteiger partial charge in [0, 0.05) is 37.6 Å². The number of ether oxygens (including phenoxy) is 1. The molecule has 1 unspecified atom stereocenters. The molecule has 1 heterocycles. The van der Waals surface area contributed by atoms with Crippen molar-refractivity contribution in [3.8, 4) is 0 Å². The van der Waals surface area contributed by atoms with Gasteiger partial charge in [0.05, 0.1) is 9.94 Å². The van der Waals surface area contributed by atoms with Crippen LogP contribution in [0.1, 0.15) is 18.2 Å². The van der Waals surface area contributed by atoms with Gasteiger partial charge in [-0.3, -0.25) is 4.79 Å². The maximum atomic E-state index is 11.6. The van der Waals surface area contributed by atoms with Crippen LogP contribution in [0.4, 0.5) is 0 Å². The van der Waals surface area contributed by atoms with Crippen LogP contribution >= 0.6 is 22.9 Å². The zero-order valence-corrected chi connectivity index (χ0v) is 12.6. The third-order valence-corrected chi connectivity index (χ3v) is 3.68. The Morgan fingerprint density at radius 1 is 1.63 bits per heavy atom. The molecule has 0 spiro atoms. The lowest BCUT2D eigenvalue weighted by atomic mass is 10.0. The molecule has 6 heteroatoms. The summed E-state index contributed by atoms with van der Waals surface area (Å²) in [5.41, 5.74) is -0.967. The fourth-order valence-electron chi connectivity index (χ4n) is 1.32. The van der Waals surface area contributed by atoms with Gasteiger partial charge in [-0.2, -0.15) is 0 Å². The minimum Gasteiger partial charge on any atom is -0.388 e. The molecule has 0 aliphatic rings. The van der Waals surface area contributed by atoms with Crippen LogP contribution in [0.3, 0.4) is 0 Å². The first-order valence-electron chi connectivity index (χ1n) is 5.85. The molecule has 0 aliphatic carbocycles. The van der Waals surface area contributed by atoms with Gasteiger partial charge >= 0.3 is 0 Å². The van der Waals surface area contributed by atoms with Gasteiger partial charge in [-0.1, -0.05) is 11.6 Å². The van der Waals surface area contributed by atoms with Crippen molar-refractivity contribution >= 4 is 34.9 Å². The van der Waals surface area contributed by atoms with E-state index in [-0.39, 0.29) is 12.5 Å². The van der Waals surface area contributed by atoms with Crippen LogP contribution in [0.2, 0.25) is 4.34 Å². The van der Waals surface area contributed by atoms with Gasteiger partial charge in [0.2, 0.25) is 5.91 Å². The SMILES string of the molecule is COCCC(C)(O)CNC(=O)/C=C/c1ccc(Cl)s1. The number of thiophene rings is 1. The van der Waals surface area contributed by atoms with E-state index in [4.69, 9.17) is 16.3 Å². The number of carbonyl (C=O) groups excluding carboxylic acids is 1. The number of hydrogen-bond acceptors (Lipinski definition) is 4. The summed E-state index contributed by atoms with van der Waals surface area (Å²) in [6, 6.07) is 3.62. The van der Waals surface area contributed by atoms with Crippen molar-refractivity contribution in [1.82, 2.24) is 5.32 Å². The maximum Gasteiger partial charge on any atom is 0.244 e. The van der Waals surface area contributed by atoms with Crippen molar-refractivity contribution in [3.05, 3.63) is 27.4 Å². The molecule has 1 amide bonds. The monoisotopic (exact) mass is 303 g/mol. The number of aliphatic hydroxyl groups is 1. The van der Waals surface area contributed by atoms with E-state index in [1.807, 2.05) is 6.07 Å². The van der Waals surface area contributed by atoms with E-state index >= 15 is 0 Å². The average Bonchev–Trinajstić information content (AvgIpc) is 2.77. The highest BCUT2D eigenvalue weighted by molar-refractivity contribution is 7.17. The van der Waals surface area contributed by atoms with Crippen LogP contribution in [0.25, 0.3) is 6.08 Å². The van der Waals surface area contributed by atoms with E-state index in [1.165, 1.54) is 17.4 Å². The van der Waals surface area contributed by atoms with Crippen LogP contribution in [-0.4, -0.2) is 36.9 Å². The van der Waals surface area contributed by atoms with Crippen molar-refractivity contribution in [2.24, 2.45) is 0 Å². The van der Waals surface area contributed by atoms with Gasteiger partial charge in [-0.25, -0.2) is 0 Å². The summed E-state index contributed by atoms with van der Waals surface area (Å²) >= 11 is 7.18. The molecular formula is C13H18ClNO3S. The molecule has 0 saturated heterocycles. The minimum absolute atomic E-state index is 0.185. The summed E-state index contributed by atoms with van der Waals surface area (Å²) in [5.74, 6) is -0.248. The minimum atomic E-state index is -0.967. The number of amides is 1.